The number of nitrogens with one attached hydrogen (secondary N) is 1. The largest absolute Gasteiger partial charge is 0.398 e. The van der Waals surface area contributed by atoms with Gasteiger partial charge in [-0.1, -0.05) is 29.8 Å². The number of thioether (sulfide) groups is 1. The van der Waals surface area contributed by atoms with E-state index < -0.39 is 0 Å². The first kappa shape index (κ1) is 15.4. The van der Waals surface area contributed by atoms with Gasteiger partial charge in [-0.3, -0.25) is 4.79 Å². The fourth-order valence-electron chi connectivity index (χ4n) is 1.32. The Bertz CT molecular complexity index is 423. The third-order valence-electron chi connectivity index (χ3n) is 2.33. The number of nitrogens with two attached hydrogens (primary N) is 1. The zero-order valence-corrected chi connectivity index (χ0v) is 13.3. The fourth-order valence-corrected chi connectivity index (χ4v) is 2.61. The first-order chi connectivity index (χ1) is 8.40. The van der Waals surface area contributed by atoms with Gasteiger partial charge in [0.25, 0.3) is 0 Å². The Morgan fingerprint density at radius 2 is 2.11 bits per heavy atom. The van der Waals surface area contributed by atoms with Gasteiger partial charge in [0.2, 0.25) is 5.91 Å². The Hall–Kier alpha value is -0.680. The summed E-state index contributed by atoms with van der Waals surface area (Å²) in [5.41, 5.74) is 6.60. The van der Waals surface area contributed by atoms with Gasteiger partial charge in [0.15, 0.2) is 0 Å². The smallest absolute Gasteiger partial charge is 0.233 e. The highest BCUT2D eigenvalue weighted by Gasteiger charge is 2.15. The molecule has 1 amide bonds. The zero-order valence-electron chi connectivity index (χ0n) is 10.9. The molecular weight excluding hydrogens is 312 g/mol. The summed E-state index contributed by atoms with van der Waals surface area (Å²) in [6.45, 7) is 6.75. The molecule has 100 valence electrons. The maximum atomic E-state index is 11.8. The van der Waals surface area contributed by atoms with Gasteiger partial charge < -0.3 is 11.1 Å². The summed E-state index contributed by atoms with van der Waals surface area (Å²) in [5, 5.41) is 2.78. The van der Waals surface area contributed by atoms with Crippen LogP contribution in [-0.2, 0) is 4.79 Å². The van der Waals surface area contributed by atoms with E-state index in [2.05, 4.69) is 35.1 Å². The van der Waals surface area contributed by atoms with E-state index in [9.17, 15) is 4.79 Å². The number of hydrogen-bond acceptors (Lipinski definition) is 3. The number of halogens is 1. The summed E-state index contributed by atoms with van der Waals surface area (Å²) >= 11 is 4.84. The van der Waals surface area contributed by atoms with Crippen LogP contribution >= 0.6 is 27.7 Å². The van der Waals surface area contributed by atoms with Crippen LogP contribution in [0.2, 0.25) is 0 Å². The van der Waals surface area contributed by atoms with Gasteiger partial charge in [0.1, 0.15) is 0 Å². The lowest BCUT2D eigenvalue weighted by Gasteiger charge is -2.14. The van der Waals surface area contributed by atoms with E-state index in [1.807, 2.05) is 25.1 Å². The standard InChI is InChI=1S/C13H19BrN2OS/c1-8(2)7-16-13(17)9(3)18-12-5-4-10(14)6-11(12)15/h4-6,8-9H,7,15H2,1-3H3,(H,16,17). The van der Waals surface area contributed by atoms with Crippen LogP contribution in [0.5, 0.6) is 0 Å². The van der Waals surface area contributed by atoms with Crippen LogP contribution in [0.25, 0.3) is 0 Å². The molecule has 1 atom stereocenters. The minimum absolute atomic E-state index is 0.0519. The molecule has 1 aromatic rings. The van der Waals surface area contributed by atoms with Crippen molar-refractivity contribution in [2.24, 2.45) is 5.92 Å². The van der Waals surface area contributed by atoms with Gasteiger partial charge in [-0.25, -0.2) is 0 Å². The van der Waals surface area contributed by atoms with Gasteiger partial charge in [-0.2, -0.15) is 0 Å². The second-order valence-corrected chi connectivity index (χ2v) is 6.88. The summed E-state index contributed by atoms with van der Waals surface area (Å²) in [4.78, 5) is 12.8. The van der Waals surface area contributed by atoms with Gasteiger partial charge in [0.05, 0.1) is 5.25 Å². The lowest BCUT2D eigenvalue weighted by molar-refractivity contribution is -0.120. The van der Waals surface area contributed by atoms with Crippen molar-refractivity contribution < 1.29 is 4.79 Å². The summed E-state index contributed by atoms with van der Waals surface area (Å²) in [7, 11) is 0. The molecule has 5 heteroatoms. The van der Waals surface area contributed by atoms with E-state index in [4.69, 9.17) is 5.73 Å². The molecule has 1 rings (SSSR count). The van der Waals surface area contributed by atoms with Crippen molar-refractivity contribution in [3.8, 4) is 0 Å². The SMILES string of the molecule is CC(C)CNC(=O)C(C)Sc1ccc(Br)cc1N. The first-order valence-corrected chi connectivity index (χ1v) is 7.56. The van der Waals surface area contributed by atoms with Crippen LogP contribution in [0.1, 0.15) is 20.8 Å². The topological polar surface area (TPSA) is 55.1 Å². The number of anilines is 1. The summed E-state index contributed by atoms with van der Waals surface area (Å²) in [6.07, 6.45) is 0. The molecule has 0 aliphatic carbocycles. The van der Waals surface area contributed by atoms with Crippen molar-refractivity contribution >= 4 is 39.3 Å². The molecule has 0 radical (unpaired) electrons. The predicted molar refractivity (Wildman–Crippen MR) is 81.7 cm³/mol. The molecule has 1 aromatic carbocycles. The Morgan fingerprint density at radius 3 is 2.67 bits per heavy atom. The second-order valence-electron chi connectivity index (χ2n) is 4.58. The Balaban J connectivity index is 2.58. The molecule has 3 nitrogen and oxygen atoms in total. The lowest BCUT2D eigenvalue weighted by atomic mass is 10.2. The summed E-state index contributed by atoms with van der Waals surface area (Å²) in [5.74, 6) is 0.514. The van der Waals surface area contributed by atoms with Crippen molar-refractivity contribution in [3.63, 3.8) is 0 Å². The minimum Gasteiger partial charge on any atom is -0.398 e. The summed E-state index contributed by atoms with van der Waals surface area (Å²) in [6, 6.07) is 5.70. The second kappa shape index (κ2) is 7.04. The Kier molecular flexibility index (Phi) is 6.02. The van der Waals surface area contributed by atoms with E-state index in [1.54, 1.807) is 0 Å². The van der Waals surface area contributed by atoms with Gasteiger partial charge >= 0.3 is 0 Å². The highest BCUT2D eigenvalue weighted by Crippen LogP contribution is 2.30. The van der Waals surface area contributed by atoms with Crippen molar-refractivity contribution in [1.29, 1.82) is 0 Å². The number of nitrogen functional groups attached to an aromatic ring is 1. The molecule has 0 heterocycles. The lowest BCUT2D eigenvalue weighted by Crippen LogP contribution is -2.33. The molecular formula is C13H19BrN2OS. The van der Waals surface area contributed by atoms with Gasteiger partial charge in [-0.15, -0.1) is 11.8 Å². The number of rotatable bonds is 5. The normalized spacial score (nSPS) is 12.5. The third-order valence-corrected chi connectivity index (χ3v) is 4.02. The number of carbonyl (C=O) groups is 1. The average molecular weight is 331 g/mol. The fraction of sp³-hybridized carbons (Fsp3) is 0.462. The van der Waals surface area contributed by atoms with E-state index >= 15 is 0 Å². The van der Waals surface area contributed by atoms with Crippen LogP contribution in [-0.4, -0.2) is 17.7 Å². The van der Waals surface area contributed by atoms with Gasteiger partial charge in [-0.05, 0) is 31.0 Å². The number of amides is 1. The molecule has 0 saturated carbocycles. The third kappa shape index (κ3) is 4.90. The maximum Gasteiger partial charge on any atom is 0.233 e. The minimum atomic E-state index is -0.146. The molecule has 0 spiro atoms. The van der Waals surface area contributed by atoms with Crippen LogP contribution in [0.3, 0.4) is 0 Å². The first-order valence-electron chi connectivity index (χ1n) is 5.89. The van der Waals surface area contributed by atoms with Crippen molar-refractivity contribution in [2.75, 3.05) is 12.3 Å². The van der Waals surface area contributed by atoms with E-state index in [0.29, 0.717) is 18.2 Å². The molecule has 0 saturated heterocycles. The van der Waals surface area contributed by atoms with E-state index in [0.717, 1.165) is 9.37 Å². The number of benzene rings is 1. The Labute approximate surface area is 121 Å². The van der Waals surface area contributed by atoms with Crippen LogP contribution in [0.4, 0.5) is 5.69 Å². The molecule has 1 unspecified atom stereocenters. The zero-order chi connectivity index (χ0) is 13.7. The molecule has 0 aromatic heterocycles. The van der Waals surface area contributed by atoms with Crippen molar-refractivity contribution in [1.82, 2.24) is 5.32 Å². The monoisotopic (exact) mass is 330 g/mol. The molecule has 3 N–H and O–H groups in total. The number of hydrogen-bond donors (Lipinski definition) is 2. The highest BCUT2D eigenvalue weighted by molar-refractivity contribution is 9.10. The number of carbonyl (C=O) groups excluding carboxylic acids is 1. The molecule has 0 bridgehead atoms. The van der Waals surface area contributed by atoms with E-state index in [1.165, 1.54) is 11.8 Å². The van der Waals surface area contributed by atoms with Crippen LogP contribution in [0.15, 0.2) is 27.6 Å². The predicted octanol–water partition coefficient (Wildman–Crippen LogP) is 3.28. The maximum absolute atomic E-state index is 11.8. The summed E-state index contributed by atoms with van der Waals surface area (Å²) < 4.78 is 0.946. The van der Waals surface area contributed by atoms with E-state index in [-0.39, 0.29) is 11.2 Å². The quantitative estimate of drug-likeness (QED) is 0.643. The average Bonchev–Trinajstić information content (AvgIpc) is 2.29. The van der Waals surface area contributed by atoms with Crippen LogP contribution < -0.4 is 11.1 Å². The highest BCUT2D eigenvalue weighted by atomic mass is 79.9. The van der Waals surface area contributed by atoms with Crippen LogP contribution in [0, 0.1) is 5.92 Å². The molecule has 0 aliphatic rings. The molecule has 0 fully saturated rings. The van der Waals surface area contributed by atoms with Crippen molar-refractivity contribution in [3.05, 3.63) is 22.7 Å². The Morgan fingerprint density at radius 1 is 1.44 bits per heavy atom. The molecule has 18 heavy (non-hydrogen) atoms. The molecule has 0 aliphatic heterocycles. The van der Waals surface area contributed by atoms with Gasteiger partial charge in [0, 0.05) is 21.6 Å². The van der Waals surface area contributed by atoms with Crippen molar-refractivity contribution in [2.45, 2.75) is 30.9 Å².